The summed E-state index contributed by atoms with van der Waals surface area (Å²) in [6.45, 7) is 6.12. The van der Waals surface area contributed by atoms with E-state index < -0.39 is 24.2 Å². The molecular weight excluding hydrogens is 477 g/mol. The monoisotopic (exact) mass is 510 g/mol. The van der Waals surface area contributed by atoms with Gasteiger partial charge in [-0.25, -0.2) is 0 Å². The minimum atomic E-state index is -4.96. The molecule has 36 heavy (non-hydrogen) atoms. The molecule has 0 saturated carbocycles. The number of likely N-dealkylation sites (N-methyl/N-ethyl adjacent to an activating group) is 1. The van der Waals surface area contributed by atoms with Crippen molar-refractivity contribution in [2.75, 3.05) is 27.3 Å². The van der Waals surface area contributed by atoms with Crippen LogP contribution in [0.25, 0.3) is 0 Å². The molecule has 1 aromatic heterocycles. The first-order valence-corrected chi connectivity index (χ1v) is 11.9. The summed E-state index contributed by atoms with van der Waals surface area (Å²) in [4.78, 5) is 24.0. The number of likely N-dealkylation sites (tertiary alicyclic amines) is 1. The minimum Gasteiger partial charge on any atom is -0.481 e. The maximum absolute atomic E-state index is 13.5. The SMILES string of the molecule is CCOc1nc(OC)c(CN(C)[C@H]2CCCN(C(=O)C(F)(F)F)[C@H]2c2ccccc2)c(OC(C)C)n1. The van der Waals surface area contributed by atoms with Crippen LogP contribution in [0, 0.1) is 0 Å². The number of ether oxygens (including phenoxy) is 3. The fourth-order valence-corrected chi connectivity index (χ4v) is 4.49. The van der Waals surface area contributed by atoms with Crippen LogP contribution in [0.3, 0.4) is 0 Å². The fourth-order valence-electron chi connectivity index (χ4n) is 4.49. The number of benzene rings is 1. The average molecular weight is 511 g/mol. The van der Waals surface area contributed by atoms with Crippen molar-refractivity contribution in [3.8, 4) is 17.8 Å². The zero-order valence-electron chi connectivity index (χ0n) is 21.2. The van der Waals surface area contributed by atoms with Crippen LogP contribution in [-0.4, -0.2) is 71.3 Å². The van der Waals surface area contributed by atoms with Crippen molar-refractivity contribution in [2.24, 2.45) is 0 Å². The molecule has 1 amide bonds. The van der Waals surface area contributed by atoms with Gasteiger partial charge in [0.25, 0.3) is 0 Å². The van der Waals surface area contributed by atoms with Crippen molar-refractivity contribution in [1.82, 2.24) is 19.8 Å². The Morgan fingerprint density at radius 3 is 2.44 bits per heavy atom. The Balaban J connectivity index is 2.00. The average Bonchev–Trinajstić information content (AvgIpc) is 2.84. The number of alkyl halides is 3. The smallest absolute Gasteiger partial charge is 0.471 e. The summed E-state index contributed by atoms with van der Waals surface area (Å²) in [5.74, 6) is -1.30. The molecule has 1 aliphatic rings. The van der Waals surface area contributed by atoms with Crippen LogP contribution in [0.1, 0.15) is 50.8 Å². The molecule has 0 aliphatic carbocycles. The van der Waals surface area contributed by atoms with E-state index in [-0.39, 0.29) is 37.0 Å². The summed E-state index contributed by atoms with van der Waals surface area (Å²) < 4.78 is 57.4. The lowest BCUT2D eigenvalue weighted by Gasteiger charge is -2.45. The highest BCUT2D eigenvalue weighted by atomic mass is 19.4. The van der Waals surface area contributed by atoms with Gasteiger partial charge in [0.15, 0.2) is 0 Å². The van der Waals surface area contributed by atoms with Crippen LogP contribution >= 0.6 is 0 Å². The van der Waals surface area contributed by atoms with E-state index >= 15 is 0 Å². The number of methoxy groups -OCH3 is 1. The number of hydrogen-bond donors (Lipinski definition) is 0. The van der Waals surface area contributed by atoms with Gasteiger partial charge in [-0.3, -0.25) is 9.69 Å². The van der Waals surface area contributed by atoms with E-state index in [0.717, 1.165) is 4.90 Å². The third-order valence-electron chi connectivity index (χ3n) is 5.94. The van der Waals surface area contributed by atoms with Crippen molar-refractivity contribution >= 4 is 5.91 Å². The molecule has 1 saturated heterocycles. The fraction of sp³-hybridized carbons (Fsp3) is 0.560. The summed E-state index contributed by atoms with van der Waals surface area (Å²) in [5, 5.41) is 0. The predicted molar refractivity (Wildman–Crippen MR) is 127 cm³/mol. The molecule has 0 N–H and O–H groups in total. The zero-order valence-corrected chi connectivity index (χ0v) is 21.2. The second-order valence-electron chi connectivity index (χ2n) is 8.88. The van der Waals surface area contributed by atoms with Crippen molar-refractivity contribution in [2.45, 2.75) is 64.5 Å². The van der Waals surface area contributed by atoms with Gasteiger partial charge in [-0.1, -0.05) is 30.3 Å². The standard InChI is InChI=1S/C25H33F3N4O4/c1-6-35-24-29-21(34-5)18(22(30-24)36-16(2)3)15-31(4)19-13-10-14-32(23(33)25(26,27)28)20(19)17-11-8-7-9-12-17/h7-9,11-12,16,19-20H,6,10,13-15H2,1-5H3/t19-,20-/m0/s1. The Bertz CT molecular complexity index is 1020. The molecule has 2 atom stereocenters. The van der Waals surface area contributed by atoms with E-state index in [9.17, 15) is 18.0 Å². The number of amides is 1. The summed E-state index contributed by atoms with van der Waals surface area (Å²) in [7, 11) is 3.27. The predicted octanol–water partition coefficient (Wildman–Crippen LogP) is 4.40. The molecule has 2 heterocycles. The van der Waals surface area contributed by atoms with Gasteiger partial charge in [-0.15, -0.1) is 0 Å². The van der Waals surface area contributed by atoms with Gasteiger partial charge in [0.05, 0.1) is 31.4 Å². The number of hydrogen-bond acceptors (Lipinski definition) is 7. The second kappa shape index (κ2) is 11.8. The van der Waals surface area contributed by atoms with Gasteiger partial charge in [0, 0.05) is 19.1 Å². The van der Waals surface area contributed by atoms with E-state index in [0.29, 0.717) is 30.6 Å². The first kappa shape index (κ1) is 27.5. The lowest BCUT2D eigenvalue weighted by Crippen LogP contribution is -2.53. The number of halogens is 3. The molecule has 3 rings (SSSR count). The van der Waals surface area contributed by atoms with Crippen molar-refractivity contribution < 1.29 is 32.2 Å². The van der Waals surface area contributed by atoms with Crippen molar-refractivity contribution in [3.63, 3.8) is 0 Å². The number of aromatic nitrogens is 2. The summed E-state index contributed by atoms with van der Waals surface area (Å²) >= 11 is 0. The zero-order chi connectivity index (χ0) is 26.5. The maximum Gasteiger partial charge on any atom is 0.471 e. The number of rotatable bonds is 9. The summed E-state index contributed by atoms with van der Waals surface area (Å²) in [6.07, 6.45) is -4.13. The Kier molecular flexibility index (Phi) is 8.99. The van der Waals surface area contributed by atoms with Crippen LogP contribution in [0.2, 0.25) is 0 Å². The van der Waals surface area contributed by atoms with Crippen LogP contribution in [0.15, 0.2) is 30.3 Å². The number of carbonyl (C=O) groups excluding carboxylic acids is 1. The third-order valence-corrected chi connectivity index (χ3v) is 5.94. The van der Waals surface area contributed by atoms with Crippen molar-refractivity contribution in [3.05, 3.63) is 41.5 Å². The summed E-state index contributed by atoms with van der Waals surface area (Å²) in [5.41, 5.74) is 1.18. The Labute approximate surface area is 209 Å². The maximum atomic E-state index is 13.5. The Hall–Kier alpha value is -3.08. The molecule has 0 bridgehead atoms. The number of nitrogens with zero attached hydrogens (tertiary/aromatic N) is 4. The van der Waals surface area contributed by atoms with E-state index in [1.165, 1.54) is 7.11 Å². The van der Waals surface area contributed by atoms with Gasteiger partial charge >= 0.3 is 18.1 Å². The minimum absolute atomic E-state index is 0.0272. The molecule has 11 heteroatoms. The largest absolute Gasteiger partial charge is 0.481 e. The number of carbonyl (C=O) groups is 1. The van der Waals surface area contributed by atoms with E-state index in [4.69, 9.17) is 14.2 Å². The van der Waals surface area contributed by atoms with E-state index in [1.54, 1.807) is 44.3 Å². The second-order valence-corrected chi connectivity index (χ2v) is 8.88. The molecule has 0 unspecified atom stereocenters. The molecular formula is C25H33F3N4O4. The third kappa shape index (κ3) is 6.37. The topological polar surface area (TPSA) is 77.0 Å². The Morgan fingerprint density at radius 1 is 1.19 bits per heavy atom. The van der Waals surface area contributed by atoms with Crippen molar-refractivity contribution in [1.29, 1.82) is 0 Å². The first-order chi connectivity index (χ1) is 17.1. The van der Waals surface area contributed by atoms with Crippen LogP contribution in [0.5, 0.6) is 17.8 Å². The molecule has 0 radical (unpaired) electrons. The molecule has 198 valence electrons. The first-order valence-electron chi connectivity index (χ1n) is 11.9. The van der Waals surface area contributed by atoms with Crippen LogP contribution in [-0.2, 0) is 11.3 Å². The summed E-state index contributed by atoms with van der Waals surface area (Å²) in [6, 6.07) is 7.73. The van der Waals surface area contributed by atoms with Gasteiger partial charge in [-0.2, -0.15) is 23.1 Å². The molecule has 1 fully saturated rings. The molecule has 8 nitrogen and oxygen atoms in total. The molecule has 0 spiro atoms. The van der Waals surface area contributed by atoms with Gasteiger partial charge in [0.1, 0.15) is 0 Å². The number of piperidine rings is 1. The van der Waals surface area contributed by atoms with Crippen LogP contribution < -0.4 is 14.2 Å². The van der Waals surface area contributed by atoms with Gasteiger partial charge in [0.2, 0.25) is 11.8 Å². The van der Waals surface area contributed by atoms with E-state index in [1.807, 2.05) is 18.7 Å². The lowest BCUT2D eigenvalue weighted by atomic mass is 9.89. The normalized spacial score (nSPS) is 18.4. The van der Waals surface area contributed by atoms with Gasteiger partial charge in [-0.05, 0) is 46.2 Å². The lowest BCUT2D eigenvalue weighted by molar-refractivity contribution is -0.191. The highest BCUT2D eigenvalue weighted by molar-refractivity contribution is 5.82. The quantitative estimate of drug-likeness (QED) is 0.495. The van der Waals surface area contributed by atoms with Gasteiger partial charge < -0.3 is 19.1 Å². The molecule has 2 aromatic rings. The van der Waals surface area contributed by atoms with Crippen LogP contribution in [0.4, 0.5) is 13.2 Å². The molecule has 1 aliphatic heterocycles. The molecule has 1 aromatic carbocycles. The van der Waals surface area contributed by atoms with E-state index in [2.05, 4.69) is 9.97 Å². The Morgan fingerprint density at radius 2 is 1.86 bits per heavy atom. The highest BCUT2D eigenvalue weighted by Gasteiger charge is 2.48. The highest BCUT2D eigenvalue weighted by Crippen LogP contribution is 2.38.